The van der Waals surface area contributed by atoms with E-state index >= 15 is 0 Å². The largest absolute Gasteiger partial charge is 0.489 e. The fraction of sp³-hybridized carbons (Fsp3) is 0.0909. The third-order valence-corrected chi connectivity index (χ3v) is 4.78. The predicted molar refractivity (Wildman–Crippen MR) is 110 cm³/mol. The minimum absolute atomic E-state index is 0.0878. The van der Waals surface area contributed by atoms with Gasteiger partial charge in [-0.15, -0.1) is 11.8 Å². The van der Waals surface area contributed by atoms with Crippen molar-refractivity contribution in [2.45, 2.75) is 11.5 Å². The average Bonchev–Trinajstić information content (AvgIpc) is 2.73. The second-order valence-electron chi connectivity index (χ2n) is 5.86. The quantitative estimate of drug-likeness (QED) is 0.344. The number of carbonyl (C=O) groups is 1. The highest BCUT2D eigenvalue weighted by atomic mass is 32.2. The highest BCUT2D eigenvalue weighted by Gasteiger charge is 2.05. The van der Waals surface area contributed by atoms with Gasteiger partial charge in [0.1, 0.15) is 18.2 Å². The fourth-order valence-electron chi connectivity index (χ4n) is 2.31. The van der Waals surface area contributed by atoms with Crippen molar-refractivity contribution >= 4 is 23.9 Å². The number of benzene rings is 3. The fourth-order valence-corrected chi connectivity index (χ4v) is 3.04. The number of nitrogens with one attached hydrogen (secondary N) is 1. The summed E-state index contributed by atoms with van der Waals surface area (Å²) in [6.45, 7) is 0.504. The molecule has 0 heterocycles. The first-order chi connectivity index (χ1) is 13.7. The maximum atomic E-state index is 13.5. The molecule has 0 saturated carbocycles. The Balaban J connectivity index is 1.42. The van der Waals surface area contributed by atoms with Crippen LogP contribution in [0.5, 0.6) is 5.75 Å². The van der Waals surface area contributed by atoms with Crippen molar-refractivity contribution in [3.63, 3.8) is 0 Å². The van der Waals surface area contributed by atoms with Crippen LogP contribution in [0.1, 0.15) is 11.1 Å². The number of nitrogens with zero attached hydrogens (tertiary/aromatic N) is 1. The predicted octanol–water partition coefficient (Wildman–Crippen LogP) is 4.65. The summed E-state index contributed by atoms with van der Waals surface area (Å²) in [5.41, 5.74) is 4.37. The molecule has 0 aliphatic rings. The number of thioether (sulfide) groups is 1. The summed E-state index contributed by atoms with van der Waals surface area (Å²) in [5, 5.41) is 3.93. The number of carbonyl (C=O) groups excluding carboxylic acids is 1. The Labute approximate surface area is 167 Å². The Kier molecular flexibility index (Phi) is 7.21. The average molecular weight is 394 g/mol. The minimum Gasteiger partial charge on any atom is -0.489 e. The molecule has 3 aromatic carbocycles. The van der Waals surface area contributed by atoms with Crippen LogP contribution in [-0.4, -0.2) is 17.9 Å². The number of ether oxygens (including phenoxy) is 1. The molecule has 0 saturated heterocycles. The van der Waals surface area contributed by atoms with Gasteiger partial charge in [-0.05, 0) is 47.5 Å². The maximum absolute atomic E-state index is 13.5. The number of halogens is 1. The van der Waals surface area contributed by atoms with Crippen molar-refractivity contribution in [1.82, 2.24) is 5.43 Å². The van der Waals surface area contributed by atoms with Gasteiger partial charge >= 0.3 is 0 Å². The first kappa shape index (κ1) is 19.6. The zero-order chi connectivity index (χ0) is 19.6. The summed E-state index contributed by atoms with van der Waals surface area (Å²) >= 11 is 1.13. The second-order valence-corrected chi connectivity index (χ2v) is 6.87. The van der Waals surface area contributed by atoms with Gasteiger partial charge in [0.15, 0.2) is 0 Å². The monoisotopic (exact) mass is 394 g/mol. The number of hydrazone groups is 1. The summed E-state index contributed by atoms with van der Waals surface area (Å²) in [5.74, 6) is 0.210. The van der Waals surface area contributed by atoms with Crippen LogP contribution >= 0.6 is 11.8 Å². The summed E-state index contributed by atoms with van der Waals surface area (Å²) in [6.07, 6.45) is 1.55. The van der Waals surface area contributed by atoms with E-state index in [4.69, 9.17) is 4.74 Å². The number of rotatable bonds is 8. The van der Waals surface area contributed by atoms with Crippen molar-refractivity contribution in [2.75, 3.05) is 5.75 Å². The van der Waals surface area contributed by atoms with Crippen molar-refractivity contribution in [1.29, 1.82) is 0 Å². The molecule has 0 aliphatic heterocycles. The number of hydrogen-bond acceptors (Lipinski definition) is 4. The minimum atomic E-state index is -0.335. The molecule has 1 amide bonds. The topological polar surface area (TPSA) is 50.7 Å². The molecule has 6 heteroatoms. The van der Waals surface area contributed by atoms with E-state index in [2.05, 4.69) is 10.5 Å². The molecule has 0 spiro atoms. The summed E-state index contributed by atoms with van der Waals surface area (Å²) in [7, 11) is 0. The van der Waals surface area contributed by atoms with E-state index in [1.54, 1.807) is 24.4 Å². The molecule has 0 aromatic heterocycles. The Morgan fingerprint density at radius 3 is 2.46 bits per heavy atom. The second kappa shape index (κ2) is 10.3. The number of amides is 1. The molecular weight excluding hydrogens is 375 g/mol. The first-order valence-corrected chi connectivity index (χ1v) is 9.65. The van der Waals surface area contributed by atoms with Crippen molar-refractivity contribution in [2.24, 2.45) is 5.10 Å². The molecule has 0 aliphatic carbocycles. The van der Waals surface area contributed by atoms with E-state index < -0.39 is 0 Å². The van der Waals surface area contributed by atoms with E-state index in [1.165, 1.54) is 6.07 Å². The summed E-state index contributed by atoms with van der Waals surface area (Å²) < 4.78 is 19.2. The molecule has 0 radical (unpaired) electrons. The van der Waals surface area contributed by atoms with Crippen LogP contribution in [0, 0.1) is 5.82 Å². The van der Waals surface area contributed by atoms with E-state index in [0.29, 0.717) is 11.5 Å². The molecule has 4 nitrogen and oxygen atoms in total. The zero-order valence-electron chi connectivity index (χ0n) is 15.0. The first-order valence-electron chi connectivity index (χ1n) is 8.67. The van der Waals surface area contributed by atoms with E-state index in [1.807, 2.05) is 54.6 Å². The Hall–Kier alpha value is -3.12. The van der Waals surface area contributed by atoms with Crippen LogP contribution in [0.25, 0.3) is 0 Å². The third-order valence-electron chi connectivity index (χ3n) is 3.73. The molecule has 3 rings (SSSR count). The van der Waals surface area contributed by atoms with E-state index in [9.17, 15) is 9.18 Å². The van der Waals surface area contributed by atoms with Gasteiger partial charge in [0, 0.05) is 4.90 Å². The van der Waals surface area contributed by atoms with Gasteiger partial charge in [0.25, 0.3) is 0 Å². The Morgan fingerprint density at radius 2 is 1.71 bits per heavy atom. The SMILES string of the molecule is O=C(CSc1ccccc1F)N/N=C\c1ccc(OCc2ccccc2)cc1. The van der Waals surface area contributed by atoms with Crippen LogP contribution in [0.15, 0.2) is 88.9 Å². The lowest BCUT2D eigenvalue weighted by atomic mass is 10.2. The molecule has 3 aromatic rings. The van der Waals surface area contributed by atoms with E-state index in [-0.39, 0.29) is 17.5 Å². The summed E-state index contributed by atoms with van der Waals surface area (Å²) in [4.78, 5) is 12.2. The van der Waals surface area contributed by atoms with Crippen LogP contribution in [0.2, 0.25) is 0 Å². The highest BCUT2D eigenvalue weighted by Crippen LogP contribution is 2.20. The smallest absolute Gasteiger partial charge is 0.250 e. The molecule has 0 unspecified atom stereocenters. The standard InChI is InChI=1S/C22H19FN2O2S/c23-20-8-4-5-9-21(20)28-16-22(26)25-24-14-17-10-12-19(13-11-17)27-15-18-6-2-1-3-7-18/h1-14H,15-16H2,(H,25,26)/b24-14-. The van der Waals surface area contributed by atoms with Gasteiger partial charge in [-0.1, -0.05) is 42.5 Å². The van der Waals surface area contributed by atoms with Crippen LogP contribution in [0.3, 0.4) is 0 Å². The molecule has 142 valence electrons. The molecule has 0 bridgehead atoms. The zero-order valence-corrected chi connectivity index (χ0v) is 15.9. The maximum Gasteiger partial charge on any atom is 0.250 e. The molecule has 0 atom stereocenters. The van der Waals surface area contributed by atoms with Gasteiger partial charge < -0.3 is 4.74 Å². The van der Waals surface area contributed by atoms with Gasteiger partial charge in [-0.2, -0.15) is 5.10 Å². The lowest BCUT2D eigenvalue weighted by molar-refractivity contribution is -0.118. The third kappa shape index (κ3) is 6.25. The number of hydrogen-bond donors (Lipinski definition) is 1. The Morgan fingerprint density at radius 1 is 1.00 bits per heavy atom. The van der Waals surface area contributed by atoms with Crippen LogP contribution in [-0.2, 0) is 11.4 Å². The van der Waals surface area contributed by atoms with Gasteiger partial charge in [-0.25, -0.2) is 9.82 Å². The van der Waals surface area contributed by atoms with Crippen LogP contribution in [0.4, 0.5) is 4.39 Å². The lowest BCUT2D eigenvalue weighted by Gasteiger charge is -2.06. The lowest BCUT2D eigenvalue weighted by Crippen LogP contribution is -2.19. The molecule has 0 fully saturated rings. The van der Waals surface area contributed by atoms with Gasteiger partial charge in [0.05, 0.1) is 12.0 Å². The Bertz CT molecular complexity index is 931. The normalized spacial score (nSPS) is 10.8. The van der Waals surface area contributed by atoms with Crippen molar-refractivity contribution in [3.05, 3.63) is 95.8 Å². The molecular formula is C22H19FN2O2S. The van der Waals surface area contributed by atoms with Gasteiger partial charge in [-0.3, -0.25) is 4.79 Å². The van der Waals surface area contributed by atoms with Gasteiger partial charge in [0.2, 0.25) is 5.91 Å². The van der Waals surface area contributed by atoms with E-state index in [0.717, 1.165) is 28.6 Å². The van der Waals surface area contributed by atoms with Crippen molar-refractivity contribution in [3.8, 4) is 5.75 Å². The summed E-state index contributed by atoms with van der Waals surface area (Å²) in [6, 6.07) is 23.7. The molecule has 1 N–H and O–H groups in total. The highest BCUT2D eigenvalue weighted by molar-refractivity contribution is 8.00. The molecule has 28 heavy (non-hydrogen) atoms. The van der Waals surface area contributed by atoms with Crippen LogP contribution < -0.4 is 10.2 Å². The van der Waals surface area contributed by atoms with Crippen molar-refractivity contribution < 1.29 is 13.9 Å².